The number of alkyl halides is 3. The van der Waals surface area contributed by atoms with E-state index >= 15 is 0 Å². The summed E-state index contributed by atoms with van der Waals surface area (Å²) in [5.41, 5.74) is 2.50. The molecule has 0 spiro atoms. The normalized spacial score (nSPS) is 17.1. The number of hydrogen-bond acceptors (Lipinski definition) is 4. The Kier molecular flexibility index (Phi) is 4.37. The van der Waals surface area contributed by atoms with Gasteiger partial charge in [-0.05, 0) is 12.1 Å². The molecule has 0 saturated heterocycles. The number of urea groups is 1. The predicted molar refractivity (Wildman–Crippen MR) is 67.1 cm³/mol. The van der Waals surface area contributed by atoms with E-state index in [9.17, 15) is 28.0 Å². The maximum atomic E-state index is 11.9. The number of amides is 3. The summed E-state index contributed by atoms with van der Waals surface area (Å²) in [5, 5.41) is 15.0. The van der Waals surface area contributed by atoms with Crippen molar-refractivity contribution in [1.82, 2.24) is 10.7 Å². The topological polar surface area (TPSA) is 107 Å². The average Bonchev–Trinajstić information content (AvgIpc) is 2.42. The van der Waals surface area contributed by atoms with Crippen LogP contribution in [0.1, 0.15) is 0 Å². The summed E-state index contributed by atoms with van der Waals surface area (Å²) < 4.78 is 40.9. The van der Waals surface area contributed by atoms with Crippen LogP contribution in [0.4, 0.5) is 29.3 Å². The van der Waals surface area contributed by atoms with Gasteiger partial charge in [0.25, 0.3) is 0 Å². The van der Waals surface area contributed by atoms with Gasteiger partial charge in [0.05, 0.1) is 6.54 Å². The number of halogens is 3. The lowest BCUT2D eigenvalue weighted by Crippen LogP contribution is -3.11. The van der Waals surface area contributed by atoms with Gasteiger partial charge in [-0.15, -0.1) is 0 Å². The minimum atomic E-state index is -4.94. The van der Waals surface area contributed by atoms with Gasteiger partial charge in [0.2, 0.25) is 0 Å². The molecule has 1 heterocycles. The van der Waals surface area contributed by atoms with Gasteiger partial charge >= 0.3 is 18.1 Å². The molecule has 0 aliphatic carbocycles. The molecule has 3 amide bonds. The molecule has 1 atom stereocenters. The Morgan fingerprint density at radius 3 is 2.82 bits per heavy atom. The molecule has 1 aliphatic rings. The summed E-state index contributed by atoms with van der Waals surface area (Å²) >= 11 is 0. The van der Waals surface area contributed by atoms with Crippen LogP contribution in [0.2, 0.25) is 0 Å². The second-order valence-electron chi connectivity index (χ2n) is 4.22. The lowest BCUT2D eigenvalue weighted by atomic mass is 10.2. The van der Waals surface area contributed by atoms with Crippen LogP contribution in [0.5, 0.6) is 5.75 Å². The Balaban J connectivity index is 1.88. The number of carbonyl (C=O) groups is 2. The molecule has 4 N–H and O–H groups in total. The molecule has 0 saturated carbocycles. The summed E-state index contributed by atoms with van der Waals surface area (Å²) in [5.74, 6) is -1.84. The number of hydrogen-bond donors (Lipinski definition) is 4. The van der Waals surface area contributed by atoms with Crippen LogP contribution in [0.3, 0.4) is 0 Å². The van der Waals surface area contributed by atoms with E-state index in [0.717, 1.165) is 0 Å². The Labute approximate surface area is 121 Å². The van der Waals surface area contributed by atoms with Gasteiger partial charge in [-0.1, -0.05) is 0 Å². The molecule has 0 radical (unpaired) electrons. The molecule has 2 rings (SSSR count). The summed E-state index contributed by atoms with van der Waals surface area (Å²) in [6.07, 6.45) is -4.94. The third-order valence-electron chi connectivity index (χ3n) is 2.62. The lowest BCUT2D eigenvalue weighted by Gasteiger charge is -2.28. The molecule has 22 heavy (non-hydrogen) atoms. The average molecular weight is 320 g/mol. The lowest BCUT2D eigenvalue weighted by molar-refractivity contribution is -0.817. The zero-order valence-electron chi connectivity index (χ0n) is 10.9. The predicted octanol–water partition coefficient (Wildman–Crippen LogP) is -0.192. The van der Waals surface area contributed by atoms with Crippen molar-refractivity contribution in [3.63, 3.8) is 0 Å². The molecule has 11 heteroatoms. The van der Waals surface area contributed by atoms with Crippen molar-refractivity contribution in [1.29, 1.82) is 0 Å². The van der Waals surface area contributed by atoms with Crippen molar-refractivity contribution in [2.45, 2.75) is 6.18 Å². The molecule has 1 aliphatic heterocycles. The zero-order valence-corrected chi connectivity index (χ0v) is 10.9. The van der Waals surface area contributed by atoms with E-state index in [1.165, 1.54) is 18.2 Å². The number of ether oxygens (including phenoxy) is 1. The molecule has 0 aromatic heterocycles. The molecule has 1 aromatic carbocycles. The number of nitrogens with one attached hydrogen (secondary N) is 4. The minimum Gasteiger partial charge on any atom is -0.603 e. The summed E-state index contributed by atoms with van der Waals surface area (Å²) in [7, 11) is 0. The first-order chi connectivity index (χ1) is 10.3. The summed E-state index contributed by atoms with van der Waals surface area (Å²) in [6, 6.07) is 3.54. The molecule has 1 unspecified atom stereocenters. The van der Waals surface area contributed by atoms with Crippen LogP contribution in [0, 0.1) is 5.21 Å². The molecule has 0 bridgehead atoms. The van der Waals surface area contributed by atoms with E-state index in [0.29, 0.717) is 5.69 Å². The van der Waals surface area contributed by atoms with Crippen LogP contribution in [0.15, 0.2) is 18.2 Å². The Morgan fingerprint density at radius 1 is 1.41 bits per heavy atom. The largest absolute Gasteiger partial charge is 0.603 e. The quantitative estimate of drug-likeness (QED) is 0.455. The zero-order chi connectivity index (χ0) is 16.3. The first kappa shape index (κ1) is 15.9. The van der Waals surface area contributed by atoms with Crippen molar-refractivity contribution in [2.75, 3.05) is 18.5 Å². The fourth-order valence-electron chi connectivity index (χ4n) is 1.67. The van der Waals surface area contributed by atoms with E-state index in [-0.39, 0.29) is 24.6 Å². The van der Waals surface area contributed by atoms with Crippen LogP contribution in [-0.2, 0) is 4.79 Å². The third kappa shape index (κ3) is 3.77. The van der Waals surface area contributed by atoms with Crippen molar-refractivity contribution in [3.05, 3.63) is 23.4 Å². The maximum Gasteiger partial charge on any atom is 0.471 e. The monoisotopic (exact) mass is 320 g/mol. The Bertz CT molecular complexity index is 593. The van der Waals surface area contributed by atoms with E-state index in [1.807, 2.05) is 5.43 Å². The van der Waals surface area contributed by atoms with Gasteiger partial charge in [-0.25, -0.2) is 9.97 Å². The highest BCUT2D eigenvalue weighted by molar-refractivity contribution is 5.93. The van der Waals surface area contributed by atoms with E-state index in [2.05, 4.69) is 5.32 Å². The van der Waals surface area contributed by atoms with Gasteiger partial charge in [-0.3, -0.25) is 10.1 Å². The fraction of sp³-hybridized carbons (Fsp3) is 0.273. The van der Waals surface area contributed by atoms with E-state index in [4.69, 9.17) is 4.74 Å². The first-order valence-electron chi connectivity index (χ1n) is 6.01. The van der Waals surface area contributed by atoms with E-state index < -0.39 is 23.3 Å². The van der Waals surface area contributed by atoms with Crippen LogP contribution < -0.4 is 26.0 Å². The summed E-state index contributed by atoms with van der Waals surface area (Å²) in [6.45, 7) is -0.563. The van der Waals surface area contributed by atoms with Crippen molar-refractivity contribution in [3.8, 4) is 5.75 Å². The second-order valence-corrected chi connectivity index (χ2v) is 4.22. The standard InChI is InChI=1S/C11H11F3N4O4/c12-11(13,14)9(19)15-3-4-22-6-1-2-7-8(5-6)18(21)17-10(20)16-7/h1-2,5,18H,3-4H2,(H,15,19)(H2,16,17,20). The Hall–Kier alpha value is -2.53. The molecular weight excluding hydrogens is 309 g/mol. The van der Waals surface area contributed by atoms with Crippen molar-refractivity contribution >= 4 is 23.3 Å². The number of carbonyl (C=O) groups excluding carboxylic acids is 2. The second kappa shape index (κ2) is 6.07. The third-order valence-corrected chi connectivity index (χ3v) is 2.62. The molecule has 1 aromatic rings. The van der Waals surface area contributed by atoms with Gasteiger partial charge in [0.1, 0.15) is 18.0 Å². The van der Waals surface area contributed by atoms with E-state index in [1.54, 1.807) is 5.32 Å². The number of fused-ring (bicyclic) bond motifs is 1. The highest BCUT2D eigenvalue weighted by Gasteiger charge is 2.38. The number of anilines is 1. The SMILES string of the molecule is O=C1Nc2ccc(OCCNC(=O)C(F)(F)F)cc2[NH+]([O-])N1. The first-order valence-corrected chi connectivity index (χ1v) is 6.01. The number of benzene rings is 1. The van der Waals surface area contributed by atoms with Crippen molar-refractivity contribution in [2.24, 2.45) is 0 Å². The molecular formula is C11H11F3N4O4. The molecule has 0 fully saturated rings. The summed E-state index contributed by atoms with van der Waals surface area (Å²) in [4.78, 5) is 21.6. The van der Waals surface area contributed by atoms with Crippen LogP contribution >= 0.6 is 0 Å². The van der Waals surface area contributed by atoms with Crippen LogP contribution in [-0.4, -0.2) is 31.3 Å². The van der Waals surface area contributed by atoms with Crippen LogP contribution in [0.25, 0.3) is 0 Å². The van der Waals surface area contributed by atoms with Crippen molar-refractivity contribution < 1.29 is 32.7 Å². The number of quaternary nitrogens is 1. The Morgan fingerprint density at radius 2 is 2.14 bits per heavy atom. The maximum absolute atomic E-state index is 11.9. The molecule has 8 nitrogen and oxygen atoms in total. The van der Waals surface area contributed by atoms with Gasteiger partial charge < -0.3 is 15.3 Å². The highest BCUT2D eigenvalue weighted by Crippen LogP contribution is 2.25. The van der Waals surface area contributed by atoms with Gasteiger partial charge in [-0.2, -0.15) is 18.6 Å². The van der Waals surface area contributed by atoms with Gasteiger partial charge in [0, 0.05) is 6.07 Å². The molecule has 120 valence electrons. The fourth-order valence-corrected chi connectivity index (χ4v) is 1.67. The highest BCUT2D eigenvalue weighted by atomic mass is 19.4. The number of rotatable bonds is 4. The minimum absolute atomic E-state index is 0.163. The smallest absolute Gasteiger partial charge is 0.471 e. The van der Waals surface area contributed by atoms with Gasteiger partial charge in [0.15, 0.2) is 5.69 Å².